The smallest absolute Gasteiger partial charge is 0.123 e. The lowest BCUT2D eigenvalue weighted by Crippen LogP contribution is -2.30. The van der Waals surface area contributed by atoms with Crippen LogP contribution in [0.2, 0.25) is 0 Å². The fourth-order valence-electron chi connectivity index (χ4n) is 2.62. The predicted molar refractivity (Wildman–Crippen MR) is 77.4 cm³/mol. The number of hydrogen-bond acceptors (Lipinski definition) is 2. The topological polar surface area (TPSA) is 40.5 Å². The summed E-state index contributed by atoms with van der Waals surface area (Å²) >= 11 is 0. The third-order valence-corrected chi connectivity index (χ3v) is 4.19. The molecular formula is C17H18F2O2. The summed E-state index contributed by atoms with van der Waals surface area (Å²) in [6.07, 6.45) is 0. The molecule has 0 fully saturated rings. The van der Waals surface area contributed by atoms with Crippen molar-refractivity contribution in [2.45, 2.75) is 26.2 Å². The third-order valence-electron chi connectivity index (χ3n) is 4.19. The third kappa shape index (κ3) is 2.58. The molecule has 0 saturated carbocycles. The molecule has 0 saturated heterocycles. The molecule has 0 spiro atoms. The number of rotatable bonds is 3. The molecule has 112 valence electrons. The first kappa shape index (κ1) is 15.3. The van der Waals surface area contributed by atoms with E-state index in [1.54, 1.807) is 6.92 Å². The second-order valence-corrected chi connectivity index (χ2v) is 5.68. The number of phenols is 2. The minimum Gasteiger partial charge on any atom is -0.508 e. The molecule has 2 rings (SSSR count). The van der Waals surface area contributed by atoms with Crippen molar-refractivity contribution in [3.05, 3.63) is 59.2 Å². The summed E-state index contributed by atoms with van der Waals surface area (Å²) in [6, 6.07) is 7.29. The molecule has 2 aromatic carbocycles. The normalized spacial score (nSPS) is 11.9. The molecule has 2 nitrogen and oxygen atoms in total. The van der Waals surface area contributed by atoms with Gasteiger partial charge in [-0.05, 0) is 42.3 Å². The molecule has 0 aliphatic heterocycles. The van der Waals surface area contributed by atoms with Crippen molar-refractivity contribution in [1.29, 1.82) is 0 Å². The van der Waals surface area contributed by atoms with Gasteiger partial charge in [0.15, 0.2) is 0 Å². The van der Waals surface area contributed by atoms with Crippen molar-refractivity contribution in [2.24, 2.45) is 5.92 Å². The van der Waals surface area contributed by atoms with E-state index in [1.807, 2.05) is 13.8 Å². The zero-order chi connectivity index (χ0) is 15.8. The highest BCUT2D eigenvalue weighted by Gasteiger charge is 2.37. The first-order valence-electron chi connectivity index (χ1n) is 6.74. The van der Waals surface area contributed by atoms with E-state index in [9.17, 15) is 19.0 Å². The lowest BCUT2D eigenvalue weighted by molar-refractivity contribution is 0.357. The fraction of sp³-hybridized carbons (Fsp3) is 0.294. The van der Waals surface area contributed by atoms with Gasteiger partial charge in [0.1, 0.15) is 23.1 Å². The molecule has 0 aromatic heterocycles. The zero-order valence-electron chi connectivity index (χ0n) is 12.2. The number of hydrogen-bond donors (Lipinski definition) is 2. The van der Waals surface area contributed by atoms with E-state index in [0.29, 0.717) is 11.1 Å². The van der Waals surface area contributed by atoms with Crippen molar-refractivity contribution in [1.82, 2.24) is 0 Å². The van der Waals surface area contributed by atoms with Crippen LogP contribution in [0.25, 0.3) is 0 Å². The van der Waals surface area contributed by atoms with E-state index in [0.717, 1.165) is 12.1 Å². The lowest BCUT2D eigenvalue weighted by Gasteiger charge is -2.36. The van der Waals surface area contributed by atoms with Crippen molar-refractivity contribution < 1.29 is 19.0 Å². The highest BCUT2D eigenvalue weighted by atomic mass is 19.1. The van der Waals surface area contributed by atoms with Gasteiger partial charge in [-0.3, -0.25) is 0 Å². The monoisotopic (exact) mass is 292 g/mol. The Morgan fingerprint density at radius 1 is 0.857 bits per heavy atom. The molecule has 2 aromatic rings. The summed E-state index contributed by atoms with van der Waals surface area (Å²) in [7, 11) is 0. The Morgan fingerprint density at radius 2 is 1.24 bits per heavy atom. The SMILES string of the molecule is CC(C)C(C)(c1cc(F)ccc1O)c1cc(F)ccc1O. The van der Waals surface area contributed by atoms with Crippen LogP contribution in [0.4, 0.5) is 8.78 Å². The highest BCUT2D eigenvalue weighted by molar-refractivity contribution is 5.51. The van der Waals surface area contributed by atoms with E-state index in [-0.39, 0.29) is 17.4 Å². The summed E-state index contributed by atoms with van der Waals surface area (Å²) in [5, 5.41) is 20.2. The summed E-state index contributed by atoms with van der Waals surface area (Å²) in [5.74, 6) is -1.28. The summed E-state index contributed by atoms with van der Waals surface area (Å²) in [6.45, 7) is 5.49. The number of benzene rings is 2. The molecule has 0 heterocycles. The Morgan fingerprint density at radius 3 is 1.57 bits per heavy atom. The van der Waals surface area contributed by atoms with E-state index in [1.165, 1.54) is 24.3 Å². The molecule has 0 radical (unpaired) electrons. The minimum atomic E-state index is -0.932. The van der Waals surface area contributed by atoms with Crippen LogP contribution < -0.4 is 0 Å². The molecule has 0 amide bonds. The molecular weight excluding hydrogens is 274 g/mol. The van der Waals surface area contributed by atoms with Gasteiger partial charge in [0, 0.05) is 16.5 Å². The minimum absolute atomic E-state index is 0.0868. The van der Waals surface area contributed by atoms with Crippen molar-refractivity contribution in [3.63, 3.8) is 0 Å². The van der Waals surface area contributed by atoms with E-state index >= 15 is 0 Å². The Labute approximate surface area is 122 Å². The zero-order valence-corrected chi connectivity index (χ0v) is 12.2. The largest absolute Gasteiger partial charge is 0.508 e. The van der Waals surface area contributed by atoms with E-state index < -0.39 is 17.0 Å². The molecule has 2 N–H and O–H groups in total. The summed E-state index contributed by atoms with van der Waals surface area (Å²) in [5.41, 5.74) is -0.296. The first-order chi connectivity index (χ1) is 9.76. The quantitative estimate of drug-likeness (QED) is 0.883. The summed E-state index contributed by atoms with van der Waals surface area (Å²) < 4.78 is 27.2. The number of phenolic OH excluding ortho intramolecular Hbond substituents is 2. The summed E-state index contributed by atoms with van der Waals surface area (Å²) in [4.78, 5) is 0. The van der Waals surface area contributed by atoms with Crippen LogP contribution in [0.3, 0.4) is 0 Å². The highest BCUT2D eigenvalue weighted by Crippen LogP contribution is 2.46. The van der Waals surface area contributed by atoms with Gasteiger partial charge in [-0.15, -0.1) is 0 Å². The second kappa shape index (κ2) is 5.35. The van der Waals surface area contributed by atoms with Gasteiger partial charge in [-0.2, -0.15) is 0 Å². The Bertz CT molecular complexity index is 614. The van der Waals surface area contributed by atoms with Gasteiger partial charge in [-0.25, -0.2) is 8.78 Å². The van der Waals surface area contributed by atoms with Crippen LogP contribution in [0, 0.1) is 17.6 Å². The van der Waals surface area contributed by atoms with Gasteiger partial charge in [-0.1, -0.05) is 20.8 Å². The second-order valence-electron chi connectivity index (χ2n) is 5.68. The maximum Gasteiger partial charge on any atom is 0.123 e. The lowest BCUT2D eigenvalue weighted by atomic mass is 9.68. The standard InChI is InChI=1S/C17H18F2O2/c1-10(2)17(3,13-8-11(18)4-6-15(13)20)14-9-12(19)5-7-16(14)21/h4-10,20-21H,1-3H3. The molecule has 0 bridgehead atoms. The molecule has 0 atom stereocenters. The number of halogens is 2. The maximum absolute atomic E-state index is 13.6. The van der Waals surface area contributed by atoms with Gasteiger partial charge in [0.05, 0.1) is 0 Å². The first-order valence-corrected chi connectivity index (χ1v) is 6.74. The number of aromatic hydroxyl groups is 2. The van der Waals surface area contributed by atoms with Crippen molar-refractivity contribution in [3.8, 4) is 11.5 Å². The fourth-order valence-corrected chi connectivity index (χ4v) is 2.62. The Hall–Kier alpha value is -2.10. The average Bonchev–Trinajstić information content (AvgIpc) is 2.43. The van der Waals surface area contributed by atoms with Gasteiger partial charge in [0.25, 0.3) is 0 Å². The molecule has 0 unspecified atom stereocenters. The average molecular weight is 292 g/mol. The predicted octanol–water partition coefficient (Wildman–Crippen LogP) is 4.34. The van der Waals surface area contributed by atoms with Crippen molar-refractivity contribution in [2.75, 3.05) is 0 Å². The molecule has 0 aliphatic rings. The Kier molecular flexibility index (Phi) is 3.90. The van der Waals surface area contributed by atoms with Gasteiger partial charge >= 0.3 is 0 Å². The Balaban J connectivity index is 2.77. The molecule has 0 aliphatic carbocycles. The van der Waals surface area contributed by atoms with Crippen LogP contribution in [0.5, 0.6) is 11.5 Å². The van der Waals surface area contributed by atoms with E-state index in [4.69, 9.17) is 0 Å². The van der Waals surface area contributed by atoms with Crippen LogP contribution in [0.1, 0.15) is 31.9 Å². The molecule has 21 heavy (non-hydrogen) atoms. The van der Waals surface area contributed by atoms with Crippen LogP contribution in [0.15, 0.2) is 36.4 Å². The van der Waals surface area contributed by atoms with Gasteiger partial charge < -0.3 is 10.2 Å². The van der Waals surface area contributed by atoms with Crippen LogP contribution in [-0.2, 0) is 5.41 Å². The van der Waals surface area contributed by atoms with Crippen LogP contribution in [-0.4, -0.2) is 10.2 Å². The van der Waals surface area contributed by atoms with Gasteiger partial charge in [0.2, 0.25) is 0 Å². The molecule has 4 heteroatoms. The van der Waals surface area contributed by atoms with E-state index in [2.05, 4.69) is 0 Å². The maximum atomic E-state index is 13.6. The van der Waals surface area contributed by atoms with Crippen LogP contribution >= 0.6 is 0 Å². The van der Waals surface area contributed by atoms with Crippen molar-refractivity contribution >= 4 is 0 Å².